The standard InChI is InChI=1S/C25H29N3O3/c1-25(2,3)31-24(30)28-13-7-10-20(18-8-5-4-6-9-18)23(28)22(29)15-17-11-12-21-19(14-17)16-26-27-21/h4-6,8-9,11-12,14,16,20,23H,7,10,13,15H2,1-3H3,(H,26,27). The van der Waals surface area contributed by atoms with Crippen molar-refractivity contribution in [3.63, 3.8) is 0 Å². The highest BCUT2D eigenvalue weighted by Gasteiger charge is 2.41. The van der Waals surface area contributed by atoms with Crippen LogP contribution in [0.2, 0.25) is 0 Å². The smallest absolute Gasteiger partial charge is 0.410 e. The fourth-order valence-electron chi connectivity index (χ4n) is 4.38. The number of rotatable bonds is 4. The van der Waals surface area contributed by atoms with Crippen LogP contribution < -0.4 is 0 Å². The van der Waals surface area contributed by atoms with Gasteiger partial charge >= 0.3 is 6.09 Å². The van der Waals surface area contributed by atoms with Crippen molar-refractivity contribution in [3.05, 3.63) is 65.9 Å². The van der Waals surface area contributed by atoms with Gasteiger partial charge in [-0.15, -0.1) is 0 Å². The van der Waals surface area contributed by atoms with Crippen LogP contribution in [0.1, 0.15) is 50.7 Å². The van der Waals surface area contributed by atoms with Crippen LogP contribution in [0.25, 0.3) is 10.9 Å². The Bertz CT molecular complexity index is 1070. The Morgan fingerprint density at radius 1 is 1.16 bits per heavy atom. The lowest BCUT2D eigenvalue weighted by molar-refractivity contribution is -0.125. The van der Waals surface area contributed by atoms with Gasteiger partial charge in [-0.25, -0.2) is 4.79 Å². The van der Waals surface area contributed by atoms with Crippen LogP contribution in [-0.4, -0.2) is 45.2 Å². The molecule has 162 valence electrons. The average molecular weight is 420 g/mol. The minimum Gasteiger partial charge on any atom is -0.444 e. The summed E-state index contributed by atoms with van der Waals surface area (Å²) in [5.74, 6) is -0.0186. The van der Waals surface area contributed by atoms with Gasteiger partial charge in [-0.1, -0.05) is 36.4 Å². The second-order valence-corrected chi connectivity index (χ2v) is 9.21. The molecule has 3 aromatic rings. The Balaban J connectivity index is 1.65. The molecule has 31 heavy (non-hydrogen) atoms. The molecule has 1 N–H and O–H groups in total. The zero-order valence-electron chi connectivity index (χ0n) is 18.3. The summed E-state index contributed by atoms with van der Waals surface area (Å²) in [7, 11) is 0. The minimum atomic E-state index is -0.614. The van der Waals surface area contributed by atoms with Gasteiger partial charge in [-0.2, -0.15) is 5.10 Å². The highest BCUT2D eigenvalue weighted by molar-refractivity contribution is 5.91. The maximum absolute atomic E-state index is 13.6. The summed E-state index contributed by atoms with van der Waals surface area (Å²) in [6.45, 7) is 6.07. The summed E-state index contributed by atoms with van der Waals surface area (Å²) in [6, 6.07) is 15.3. The van der Waals surface area contributed by atoms with E-state index >= 15 is 0 Å². The molecule has 1 aliphatic rings. The van der Waals surface area contributed by atoms with Gasteiger partial charge in [0.15, 0.2) is 5.78 Å². The van der Waals surface area contributed by atoms with E-state index in [0.29, 0.717) is 6.54 Å². The van der Waals surface area contributed by atoms with Gasteiger partial charge in [-0.05, 0) is 56.9 Å². The summed E-state index contributed by atoms with van der Waals surface area (Å²) >= 11 is 0. The van der Waals surface area contributed by atoms with Crippen molar-refractivity contribution in [3.8, 4) is 0 Å². The molecule has 2 atom stereocenters. The van der Waals surface area contributed by atoms with E-state index in [2.05, 4.69) is 10.2 Å². The molecule has 0 aliphatic carbocycles. The van der Waals surface area contributed by atoms with Gasteiger partial charge < -0.3 is 4.74 Å². The van der Waals surface area contributed by atoms with E-state index in [0.717, 1.165) is 34.9 Å². The summed E-state index contributed by atoms with van der Waals surface area (Å²) < 4.78 is 5.66. The predicted molar refractivity (Wildman–Crippen MR) is 120 cm³/mol. The molecular formula is C25H29N3O3. The number of amides is 1. The highest BCUT2D eigenvalue weighted by atomic mass is 16.6. The number of aromatic amines is 1. The van der Waals surface area contributed by atoms with Crippen LogP contribution in [0.5, 0.6) is 0 Å². The molecule has 1 saturated heterocycles. The maximum atomic E-state index is 13.6. The lowest BCUT2D eigenvalue weighted by Crippen LogP contribution is -2.53. The monoisotopic (exact) mass is 419 g/mol. The van der Waals surface area contributed by atoms with Gasteiger partial charge in [0.2, 0.25) is 0 Å². The van der Waals surface area contributed by atoms with Gasteiger partial charge in [0.25, 0.3) is 0 Å². The number of carbonyl (C=O) groups is 2. The summed E-state index contributed by atoms with van der Waals surface area (Å²) in [6.07, 6.45) is 3.29. The van der Waals surface area contributed by atoms with Crippen LogP contribution >= 0.6 is 0 Å². The lowest BCUT2D eigenvalue weighted by atomic mass is 9.80. The number of Topliss-reactive ketones (excluding diaryl/α,β-unsaturated/α-hetero) is 1. The fraction of sp³-hybridized carbons (Fsp3) is 0.400. The number of aromatic nitrogens is 2. The van der Waals surface area contributed by atoms with Crippen molar-refractivity contribution in [2.24, 2.45) is 0 Å². The zero-order chi connectivity index (χ0) is 22.0. The van der Waals surface area contributed by atoms with E-state index in [9.17, 15) is 9.59 Å². The minimum absolute atomic E-state index is 0.0299. The van der Waals surface area contributed by atoms with Gasteiger partial charge in [0.1, 0.15) is 11.6 Å². The molecule has 4 rings (SSSR count). The van der Waals surface area contributed by atoms with Crippen LogP contribution in [-0.2, 0) is 16.0 Å². The SMILES string of the molecule is CC(C)(C)OC(=O)N1CCCC(c2ccccc2)C1C(=O)Cc1ccc2[nH]ncc2c1. The molecule has 6 nitrogen and oxygen atoms in total. The first-order valence-corrected chi connectivity index (χ1v) is 10.8. The van der Waals surface area contributed by atoms with Crippen LogP contribution in [0.4, 0.5) is 4.79 Å². The van der Waals surface area contributed by atoms with Crippen molar-refractivity contribution >= 4 is 22.8 Å². The number of H-pyrrole nitrogens is 1. The molecule has 1 amide bonds. The van der Waals surface area contributed by atoms with Crippen LogP contribution in [0.15, 0.2) is 54.7 Å². The van der Waals surface area contributed by atoms with E-state index in [1.165, 1.54) is 0 Å². The van der Waals surface area contributed by atoms with E-state index in [1.807, 2.05) is 69.3 Å². The molecule has 2 unspecified atom stereocenters. The molecule has 1 aromatic heterocycles. The summed E-state index contributed by atoms with van der Waals surface area (Å²) in [4.78, 5) is 28.3. The third kappa shape index (κ3) is 4.79. The van der Waals surface area contributed by atoms with E-state index in [1.54, 1.807) is 11.1 Å². The summed E-state index contributed by atoms with van der Waals surface area (Å²) in [5.41, 5.74) is 2.32. The molecule has 6 heteroatoms. The first kappa shape index (κ1) is 21.1. The molecule has 0 saturated carbocycles. The Kier molecular flexibility index (Phi) is 5.81. The number of likely N-dealkylation sites (tertiary alicyclic amines) is 1. The number of fused-ring (bicyclic) bond motifs is 1. The van der Waals surface area contributed by atoms with Gasteiger partial charge in [0, 0.05) is 24.3 Å². The Morgan fingerprint density at radius 3 is 2.68 bits per heavy atom. The van der Waals surface area contributed by atoms with Gasteiger partial charge in [0.05, 0.1) is 11.7 Å². The molecule has 2 aromatic carbocycles. The maximum Gasteiger partial charge on any atom is 0.410 e. The van der Waals surface area contributed by atoms with Crippen molar-refractivity contribution in [2.45, 2.75) is 57.6 Å². The summed E-state index contributed by atoms with van der Waals surface area (Å²) in [5, 5.41) is 7.95. The number of hydrogen-bond acceptors (Lipinski definition) is 4. The number of piperidine rings is 1. The Labute approximate surface area is 182 Å². The van der Waals surface area contributed by atoms with Gasteiger partial charge in [-0.3, -0.25) is 14.8 Å². The van der Waals surface area contributed by atoms with E-state index in [4.69, 9.17) is 4.74 Å². The normalized spacial score (nSPS) is 19.4. The third-order valence-corrected chi connectivity index (χ3v) is 5.70. The second kappa shape index (κ2) is 8.53. The second-order valence-electron chi connectivity index (χ2n) is 9.21. The zero-order valence-corrected chi connectivity index (χ0v) is 18.3. The first-order valence-electron chi connectivity index (χ1n) is 10.8. The highest BCUT2D eigenvalue weighted by Crippen LogP contribution is 2.35. The average Bonchev–Trinajstić information content (AvgIpc) is 3.20. The molecule has 0 radical (unpaired) electrons. The number of benzene rings is 2. The van der Waals surface area contributed by atoms with Crippen molar-refractivity contribution in [1.29, 1.82) is 0 Å². The quantitative estimate of drug-likeness (QED) is 0.655. The number of ketones is 1. The van der Waals surface area contributed by atoms with E-state index < -0.39 is 17.7 Å². The fourth-order valence-corrected chi connectivity index (χ4v) is 4.38. The number of nitrogens with one attached hydrogen (secondary N) is 1. The number of hydrogen-bond donors (Lipinski definition) is 1. The van der Waals surface area contributed by atoms with E-state index in [-0.39, 0.29) is 18.1 Å². The number of carbonyl (C=O) groups excluding carboxylic acids is 2. The molecule has 1 aliphatic heterocycles. The Morgan fingerprint density at radius 2 is 1.94 bits per heavy atom. The van der Waals surface area contributed by atoms with Crippen molar-refractivity contribution in [1.82, 2.24) is 15.1 Å². The topological polar surface area (TPSA) is 75.3 Å². The lowest BCUT2D eigenvalue weighted by Gasteiger charge is -2.41. The molecule has 0 bridgehead atoms. The van der Waals surface area contributed by atoms with Crippen molar-refractivity contribution in [2.75, 3.05) is 6.54 Å². The Hall–Kier alpha value is -3.15. The molecule has 0 spiro atoms. The first-order chi connectivity index (χ1) is 14.8. The third-order valence-electron chi connectivity index (χ3n) is 5.70. The predicted octanol–water partition coefficient (Wildman–Crippen LogP) is 4.86. The van der Waals surface area contributed by atoms with Crippen LogP contribution in [0, 0.1) is 0 Å². The molecule has 1 fully saturated rings. The number of nitrogens with zero attached hydrogens (tertiary/aromatic N) is 2. The molecule has 2 heterocycles. The van der Waals surface area contributed by atoms with Crippen LogP contribution in [0.3, 0.4) is 0 Å². The number of ether oxygens (including phenoxy) is 1. The molecular weight excluding hydrogens is 390 g/mol. The van der Waals surface area contributed by atoms with Crippen molar-refractivity contribution < 1.29 is 14.3 Å². The largest absolute Gasteiger partial charge is 0.444 e.